The first-order valence-electron chi connectivity index (χ1n) is 7.52. The van der Waals surface area contributed by atoms with Crippen molar-refractivity contribution in [1.29, 1.82) is 0 Å². The fraction of sp³-hybridized carbons (Fsp3) is 0.0500. The second-order valence-electron chi connectivity index (χ2n) is 5.38. The molecule has 0 saturated heterocycles. The van der Waals surface area contributed by atoms with Crippen LogP contribution in [0, 0.1) is 5.82 Å². The Morgan fingerprint density at radius 3 is 2.42 bits per heavy atom. The van der Waals surface area contributed by atoms with Crippen LogP contribution in [0.5, 0.6) is 0 Å². The van der Waals surface area contributed by atoms with Crippen LogP contribution in [0.15, 0.2) is 72.8 Å². The fourth-order valence-corrected chi connectivity index (χ4v) is 2.68. The van der Waals surface area contributed by atoms with E-state index in [2.05, 4.69) is 5.32 Å². The number of nitrogens with one attached hydrogen (secondary N) is 1. The largest absolute Gasteiger partial charge is 0.319 e. The maximum absolute atomic E-state index is 14.0. The van der Waals surface area contributed by atoms with Gasteiger partial charge in [-0.2, -0.15) is 0 Å². The summed E-state index contributed by atoms with van der Waals surface area (Å²) in [6.45, 7) is 0. The van der Waals surface area contributed by atoms with Crippen molar-refractivity contribution in [2.45, 2.75) is 6.42 Å². The molecule has 0 aliphatic rings. The second kappa shape index (κ2) is 7.28. The highest BCUT2D eigenvalue weighted by Crippen LogP contribution is 2.23. The van der Waals surface area contributed by atoms with Crippen LogP contribution in [0.1, 0.15) is 21.5 Å². The van der Waals surface area contributed by atoms with Gasteiger partial charge < -0.3 is 5.32 Å². The SMILES string of the molecule is O=C(Nc1cccc(Cl)c1F)c1ccccc1Cc1ccccc1. The minimum absolute atomic E-state index is 0.0228. The Balaban J connectivity index is 1.86. The normalized spacial score (nSPS) is 10.4. The lowest BCUT2D eigenvalue weighted by molar-refractivity contribution is 0.102. The van der Waals surface area contributed by atoms with Gasteiger partial charge in [-0.25, -0.2) is 4.39 Å². The van der Waals surface area contributed by atoms with Crippen LogP contribution in [0.4, 0.5) is 10.1 Å². The maximum Gasteiger partial charge on any atom is 0.256 e. The smallest absolute Gasteiger partial charge is 0.256 e. The number of anilines is 1. The summed E-state index contributed by atoms with van der Waals surface area (Å²) in [7, 11) is 0. The van der Waals surface area contributed by atoms with Crippen LogP contribution in [-0.2, 0) is 6.42 Å². The van der Waals surface area contributed by atoms with E-state index in [0.717, 1.165) is 11.1 Å². The summed E-state index contributed by atoms with van der Waals surface area (Å²) >= 11 is 5.76. The Morgan fingerprint density at radius 2 is 1.62 bits per heavy atom. The van der Waals surface area contributed by atoms with Gasteiger partial charge in [0.25, 0.3) is 5.91 Å². The Hall–Kier alpha value is -2.65. The van der Waals surface area contributed by atoms with Gasteiger partial charge in [0, 0.05) is 5.56 Å². The number of hydrogen-bond donors (Lipinski definition) is 1. The molecule has 0 aromatic heterocycles. The maximum atomic E-state index is 14.0. The van der Waals surface area contributed by atoms with Crippen LogP contribution < -0.4 is 5.32 Å². The van der Waals surface area contributed by atoms with Crippen LogP contribution in [-0.4, -0.2) is 5.91 Å². The molecule has 3 aromatic rings. The molecule has 4 heteroatoms. The minimum Gasteiger partial charge on any atom is -0.319 e. The van der Waals surface area contributed by atoms with E-state index in [0.29, 0.717) is 12.0 Å². The van der Waals surface area contributed by atoms with Crippen molar-refractivity contribution in [3.05, 3.63) is 100 Å². The molecule has 120 valence electrons. The first-order valence-corrected chi connectivity index (χ1v) is 7.90. The lowest BCUT2D eigenvalue weighted by Gasteiger charge is -2.11. The average molecular weight is 340 g/mol. The molecule has 0 aliphatic heterocycles. The molecule has 1 N–H and O–H groups in total. The predicted octanol–water partition coefficient (Wildman–Crippen LogP) is 5.32. The molecule has 0 fully saturated rings. The van der Waals surface area contributed by atoms with E-state index < -0.39 is 5.82 Å². The zero-order chi connectivity index (χ0) is 16.9. The Labute approximate surface area is 144 Å². The molecular formula is C20H15ClFNO. The molecule has 0 unspecified atom stereocenters. The van der Waals surface area contributed by atoms with Gasteiger partial charge in [0.1, 0.15) is 0 Å². The van der Waals surface area contributed by atoms with Gasteiger partial charge in [-0.3, -0.25) is 4.79 Å². The molecule has 0 bridgehead atoms. The summed E-state index contributed by atoms with van der Waals surface area (Å²) in [5.41, 5.74) is 2.57. The van der Waals surface area contributed by atoms with Crippen molar-refractivity contribution < 1.29 is 9.18 Å². The average Bonchev–Trinajstić information content (AvgIpc) is 2.60. The Kier molecular flexibility index (Phi) is 4.92. The second-order valence-corrected chi connectivity index (χ2v) is 5.78. The predicted molar refractivity (Wildman–Crippen MR) is 95.1 cm³/mol. The molecule has 0 radical (unpaired) electrons. The van der Waals surface area contributed by atoms with Gasteiger partial charge in [0.2, 0.25) is 0 Å². The molecule has 3 aromatic carbocycles. The number of hydrogen-bond acceptors (Lipinski definition) is 1. The van der Waals surface area contributed by atoms with Crippen molar-refractivity contribution in [1.82, 2.24) is 0 Å². The monoisotopic (exact) mass is 339 g/mol. The molecule has 24 heavy (non-hydrogen) atoms. The van der Waals surface area contributed by atoms with E-state index in [1.807, 2.05) is 42.5 Å². The summed E-state index contributed by atoms with van der Waals surface area (Å²) < 4.78 is 14.0. The fourth-order valence-electron chi connectivity index (χ4n) is 2.50. The van der Waals surface area contributed by atoms with Crippen LogP contribution in [0.3, 0.4) is 0 Å². The number of carbonyl (C=O) groups excluding carboxylic acids is 1. The quantitative estimate of drug-likeness (QED) is 0.684. The highest BCUT2D eigenvalue weighted by molar-refractivity contribution is 6.31. The number of benzene rings is 3. The zero-order valence-corrected chi connectivity index (χ0v) is 13.6. The Bertz CT molecular complexity index is 865. The third-order valence-electron chi connectivity index (χ3n) is 3.70. The topological polar surface area (TPSA) is 29.1 Å². The first kappa shape index (κ1) is 16.2. The summed E-state index contributed by atoms with van der Waals surface area (Å²) in [6, 6.07) is 21.7. The number of halogens is 2. The molecule has 0 spiro atoms. The lowest BCUT2D eigenvalue weighted by Crippen LogP contribution is -2.15. The van der Waals surface area contributed by atoms with Crippen molar-refractivity contribution >= 4 is 23.2 Å². The molecule has 1 amide bonds. The van der Waals surface area contributed by atoms with Crippen LogP contribution in [0.25, 0.3) is 0 Å². The van der Waals surface area contributed by atoms with Crippen molar-refractivity contribution in [2.75, 3.05) is 5.32 Å². The molecule has 0 heterocycles. The summed E-state index contributed by atoms with van der Waals surface area (Å²) in [4.78, 5) is 12.6. The van der Waals surface area contributed by atoms with Crippen LogP contribution in [0.2, 0.25) is 5.02 Å². The van der Waals surface area contributed by atoms with Crippen molar-refractivity contribution in [3.8, 4) is 0 Å². The van der Waals surface area contributed by atoms with E-state index in [9.17, 15) is 9.18 Å². The van der Waals surface area contributed by atoms with Gasteiger partial charge in [-0.05, 0) is 35.7 Å². The van der Waals surface area contributed by atoms with E-state index in [1.54, 1.807) is 18.2 Å². The van der Waals surface area contributed by atoms with Gasteiger partial charge in [0.05, 0.1) is 10.7 Å². The van der Waals surface area contributed by atoms with E-state index in [4.69, 9.17) is 11.6 Å². The minimum atomic E-state index is -0.631. The van der Waals surface area contributed by atoms with Gasteiger partial charge >= 0.3 is 0 Å². The standard InChI is InChI=1S/C20H15ClFNO/c21-17-11-6-12-18(19(17)22)23-20(24)16-10-5-4-9-15(16)13-14-7-2-1-3-8-14/h1-12H,13H2,(H,23,24). The third-order valence-corrected chi connectivity index (χ3v) is 3.99. The van der Waals surface area contributed by atoms with E-state index >= 15 is 0 Å². The van der Waals surface area contributed by atoms with Gasteiger partial charge in [-0.15, -0.1) is 0 Å². The van der Waals surface area contributed by atoms with Crippen molar-refractivity contribution in [3.63, 3.8) is 0 Å². The molecule has 0 aliphatic carbocycles. The van der Waals surface area contributed by atoms with E-state index in [1.165, 1.54) is 12.1 Å². The number of carbonyl (C=O) groups is 1. The van der Waals surface area contributed by atoms with Gasteiger partial charge in [0.15, 0.2) is 5.82 Å². The zero-order valence-electron chi connectivity index (χ0n) is 12.8. The highest BCUT2D eigenvalue weighted by Gasteiger charge is 2.14. The molecule has 2 nitrogen and oxygen atoms in total. The van der Waals surface area contributed by atoms with Crippen LogP contribution >= 0.6 is 11.6 Å². The summed E-state index contributed by atoms with van der Waals surface area (Å²) in [6.07, 6.45) is 0.627. The lowest BCUT2D eigenvalue weighted by atomic mass is 9.99. The number of rotatable bonds is 4. The number of amides is 1. The molecular weight excluding hydrogens is 325 g/mol. The molecule has 0 saturated carbocycles. The third kappa shape index (κ3) is 3.63. The molecule has 0 atom stereocenters. The van der Waals surface area contributed by atoms with Crippen molar-refractivity contribution in [2.24, 2.45) is 0 Å². The van der Waals surface area contributed by atoms with E-state index in [-0.39, 0.29) is 16.6 Å². The van der Waals surface area contributed by atoms with Gasteiger partial charge in [-0.1, -0.05) is 66.2 Å². The Morgan fingerprint density at radius 1 is 0.917 bits per heavy atom. The first-order chi connectivity index (χ1) is 11.6. The summed E-state index contributed by atoms with van der Waals surface area (Å²) in [5, 5.41) is 2.57. The summed E-state index contributed by atoms with van der Waals surface area (Å²) in [5.74, 6) is -0.990. The molecule has 3 rings (SSSR count). The highest BCUT2D eigenvalue weighted by atomic mass is 35.5.